The molecule has 6 nitrogen and oxygen atoms in total. The summed E-state index contributed by atoms with van der Waals surface area (Å²) in [6.07, 6.45) is 3.89. The first-order valence-electron chi connectivity index (χ1n) is 7.43. The van der Waals surface area contributed by atoms with E-state index in [2.05, 4.69) is 20.2 Å². The van der Waals surface area contributed by atoms with E-state index in [0.29, 0.717) is 24.7 Å². The Bertz CT molecular complexity index is 509. The first-order chi connectivity index (χ1) is 10.1. The number of aryl methyl sites for hydroxylation is 1. The third-order valence-electron chi connectivity index (χ3n) is 3.45. The van der Waals surface area contributed by atoms with E-state index in [1.807, 2.05) is 19.1 Å². The topological polar surface area (TPSA) is 83.6 Å². The molecular weight excluding hydrogens is 266 g/mol. The van der Waals surface area contributed by atoms with Gasteiger partial charge in [0, 0.05) is 25.2 Å². The lowest BCUT2D eigenvalue weighted by Crippen LogP contribution is -2.41. The van der Waals surface area contributed by atoms with Crippen molar-refractivity contribution in [2.24, 2.45) is 10.7 Å². The Morgan fingerprint density at radius 1 is 1.38 bits per heavy atom. The highest BCUT2D eigenvalue weighted by Crippen LogP contribution is 2.08. The molecule has 1 aliphatic heterocycles. The van der Waals surface area contributed by atoms with Crippen LogP contribution in [0.3, 0.4) is 0 Å². The number of hydrogen-bond donors (Lipinski definition) is 2. The number of likely N-dealkylation sites (tertiary alicyclic amines) is 1. The number of guanidine groups is 1. The fourth-order valence-electron chi connectivity index (χ4n) is 2.31. The van der Waals surface area contributed by atoms with Crippen LogP contribution in [0.4, 0.5) is 5.82 Å². The van der Waals surface area contributed by atoms with E-state index in [0.717, 1.165) is 31.6 Å². The third-order valence-corrected chi connectivity index (χ3v) is 3.45. The van der Waals surface area contributed by atoms with Gasteiger partial charge in [-0.1, -0.05) is 6.07 Å². The molecule has 1 amide bonds. The number of nitrogens with one attached hydrogen (secondary N) is 1. The van der Waals surface area contributed by atoms with Gasteiger partial charge in [-0.3, -0.25) is 9.79 Å². The predicted octanol–water partition coefficient (Wildman–Crippen LogP) is 1.52. The maximum atomic E-state index is 11.8. The zero-order chi connectivity index (χ0) is 15.1. The lowest BCUT2D eigenvalue weighted by Gasteiger charge is -2.27. The van der Waals surface area contributed by atoms with Gasteiger partial charge in [0.1, 0.15) is 5.82 Å². The van der Waals surface area contributed by atoms with E-state index in [1.165, 1.54) is 6.42 Å². The number of aliphatic imine (C=N–C) groups is 1. The van der Waals surface area contributed by atoms with Gasteiger partial charge >= 0.3 is 0 Å². The number of nitrogens with two attached hydrogens (primary N) is 1. The molecule has 21 heavy (non-hydrogen) atoms. The van der Waals surface area contributed by atoms with Crippen molar-refractivity contribution in [3.63, 3.8) is 0 Å². The maximum absolute atomic E-state index is 11.8. The Morgan fingerprint density at radius 3 is 2.86 bits per heavy atom. The summed E-state index contributed by atoms with van der Waals surface area (Å²) in [5.74, 6) is 1.03. The van der Waals surface area contributed by atoms with Gasteiger partial charge in [0.15, 0.2) is 5.96 Å². The van der Waals surface area contributed by atoms with Crippen molar-refractivity contribution in [1.29, 1.82) is 0 Å². The highest BCUT2D eigenvalue weighted by molar-refractivity contribution is 5.90. The lowest BCUT2D eigenvalue weighted by molar-refractivity contribution is -0.116. The molecule has 0 radical (unpaired) electrons. The molecule has 2 rings (SSSR count). The molecule has 1 aromatic heterocycles. The molecule has 0 saturated carbocycles. The van der Waals surface area contributed by atoms with Gasteiger partial charge in [0.25, 0.3) is 0 Å². The van der Waals surface area contributed by atoms with Crippen LogP contribution in [0.2, 0.25) is 0 Å². The fourth-order valence-corrected chi connectivity index (χ4v) is 2.31. The van der Waals surface area contributed by atoms with E-state index in [4.69, 9.17) is 5.73 Å². The second-order valence-electron chi connectivity index (χ2n) is 5.25. The van der Waals surface area contributed by atoms with Gasteiger partial charge in [-0.15, -0.1) is 0 Å². The van der Waals surface area contributed by atoms with Crippen molar-refractivity contribution in [3.05, 3.63) is 23.9 Å². The molecule has 0 spiro atoms. The van der Waals surface area contributed by atoms with E-state index in [1.54, 1.807) is 6.07 Å². The molecule has 114 valence electrons. The van der Waals surface area contributed by atoms with Crippen LogP contribution in [0.1, 0.15) is 31.4 Å². The fraction of sp³-hybridized carbons (Fsp3) is 0.533. The largest absolute Gasteiger partial charge is 0.370 e. The summed E-state index contributed by atoms with van der Waals surface area (Å²) in [7, 11) is 0. The third kappa shape index (κ3) is 5.06. The van der Waals surface area contributed by atoms with Crippen LogP contribution in [-0.4, -0.2) is 41.4 Å². The Labute approximate surface area is 125 Å². The van der Waals surface area contributed by atoms with Crippen LogP contribution in [-0.2, 0) is 4.79 Å². The Morgan fingerprint density at radius 2 is 2.14 bits per heavy atom. The smallest absolute Gasteiger partial charge is 0.227 e. The molecule has 6 heteroatoms. The van der Waals surface area contributed by atoms with E-state index in [9.17, 15) is 4.79 Å². The summed E-state index contributed by atoms with van der Waals surface area (Å²) >= 11 is 0. The number of aromatic nitrogens is 1. The minimum absolute atomic E-state index is 0.0942. The molecule has 3 N–H and O–H groups in total. The van der Waals surface area contributed by atoms with E-state index < -0.39 is 0 Å². The summed E-state index contributed by atoms with van der Waals surface area (Å²) in [5.41, 5.74) is 6.81. The molecule has 1 saturated heterocycles. The quantitative estimate of drug-likeness (QED) is 0.650. The average molecular weight is 289 g/mol. The van der Waals surface area contributed by atoms with Gasteiger partial charge in [-0.05, 0) is 38.3 Å². The second kappa shape index (κ2) is 7.61. The molecule has 0 bridgehead atoms. The number of hydrogen-bond acceptors (Lipinski definition) is 3. The van der Waals surface area contributed by atoms with Crippen molar-refractivity contribution in [1.82, 2.24) is 9.88 Å². The molecule has 0 aromatic carbocycles. The second-order valence-corrected chi connectivity index (χ2v) is 5.25. The molecule has 1 aliphatic rings. The Kier molecular flexibility index (Phi) is 5.54. The summed E-state index contributed by atoms with van der Waals surface area (Å²) in [6.45, 7) is 4.22. The van der Waals surface area contributed by atoms with Crippen LogP contribution in [0.25, 0.3) is 0 Å². The minimum atomic E-state index is -0.0942. The standard InChI is InChI=1S/C15H23N5O/c1-12-6-5-7-13(18-12)19-14(21)8-9-17-15(16)20-10-3-2-4-11-20/h5-7H,2-4,8-11H2,1H3,(H2,16,17)(H,18,19,21). The van der Waals surface area contributed by atoms with Gasteiger partial charge in [0.05, 0.1) is 6.54 Å². The number of nitrogens with zero attached hydrogens (tertiary/aromatic N) is 3. The zero-order valence-electron chi connectivity index (χ0n) is 12.5. The summed E-state index contributed by atoms with van der Waals surface area (Å²) in [5, 5.41) is 2.76. The zero-order valence-corrected chi connectivity index (χ0v) is 12.5. The van der Waals surface area contributed by atoms with Crippen LogP contribution in [0.5, 0.6) is 0 Å². The normalized spacial score (nSPS) is 15.9. The van der Waals surface area contributed by atoms with Gasteiger partial charge in [-0.2, -0.15) is 0 Å². The number of rotatable bonds is 4. The van der Waals surface area contributed by atoms with Crippen LogP contribution < -0.4 is 11.1 Å². The van der Waals surface area contributed by atoms with Crippen molar-refractivity contribution < 1.29 is 4.79 Å². The number of carbonyl (C=O) groups is 1. The number of amides is 1. The van der Waals surface area contributed by atoms with Crippen molar-refractivity contribution in [2.45, 2.75) is 32.6 Å². The van der Waals surface area contributed by atoms with E-state index in [-0.39, 0.29) is 5.91 Å². The molecule has 1 fully saturated rings. The lowest BCUT2D eigenvalue weighted by atomic mass is 10.1. The first-order valence-corrected chi connectivity index (χ1v) is 7.43. The predicted molar refractivity (Wildman–Crippen MR) is 84.1 cm³/mol. The Hall–Kier alpha value is -2.11. The summed E-state index contributed by atoms with van der Waals surface area (Å²) in [6, 6.07) is 5.53. The molecule has 0 atom stereocenters. The van der Waals surface area contributed by atoms with Gasteiger partial charge < -0.3 is 16.0 Å². The van der Waals surface area contributed by atoms with Crippen molar-refractivity contribution in [2.75, 3.05) is 25.0 Å². The van der Waals surface area contributed by atoms with Gasteiger partial charge in [-0.25, -0.2) is 4.98 Å². The number of carbonyl (C=O) groups excluding carboxylic acids is 1. The van der Waals surface area contributed by atoms with Crippen molar-refractivity contribution in [3.8, 4) is 0 Å². The highest BCUT2D eigenvalue weighted by atomic mass is 16.1. The van der Waals surface area contributed by atoms with Crippen LogP contribution in [0.15, 0.2) is 23.2 Å². The Balaban J connectivity index is 1.75. The number of pyridine rings is 1. The molecule has 0 aliphatic carbocycles. The summed E-state index contributed by atoms with van der Waals surface area (Å²) < 4.78 is 0. The van der Waals surface area contributed by atoms with E-state index >= 15 is 0 Å². The maximum Gasteiger partial charge on any atom is 0.227 e. The number of anilines is 1. The van der Waals surface area contributed by atoms with Crippen LogP contribution >= 0.6 is 0 Å². The van der Waals surface area contributed by atoms with Crippen molar-refractivity contribution >= 4 is 17.7 Å². The highest BCUT2D eigenvalue weighted by Gasteiger charge is 2.11. The summed E-state index contributed by atoms with van der Waals surface area (Å²) in [4.78, 5) is 22.4. The monoisotopic (exact) mass is 289 g/mol. The molecule has 0 unspecified atom stereocenters. The van der Waals surface area contributed by atoms with Crippen LogP contribution in [0, 0.1) is 6.92 Å². The average Bonchev–Trinajstić information content (AvgIpc) is 2.48. The van der Waals surface area contributed by atoms with Gasteiger partial charge in [0.2, 0.25) is 5.91 Å². The first kappa shape index (κ1) is 15.3. The SMILES string of the molecule is Cc1cccc(NC(=O)CCN=C(N)N2CCCCC2)n1. The minimum Gasteiger partial charge on any atom is -0.370 e. The molecule has 2 heterocycles. The number of piperidine rings is 1. The molecule has 1 aromatic rings. The molecular formula is C15H23N5O.